The predicted molar refractivity (Wildman–Crippen MR) is 245 cm³/mol. The molecule has 3 aliphatic rings. The first-order valence-corrected chi connectivity index (χ1v) is 23.3. The van der Waals surface area contributed by atoms with E-state index >= 15 is 0 Å². The zero-order chi connectivity index (χ0) is 44.3. The molecule has 0 unspecified atom stereocenters. The number of carbonyl (C=O) groups excluding carboxylic acids is 1. The molecule has 0 atom stereocenters. The highest BCUT2D eigenvalue weighted by molar-refractivity contribution is 7.90. The van der Waals surface area contributed by atoms with Gasteiger partial charge in [-0.1, -0.05) is 49.2 Å². The summed E-state index contributed by atoms with van der Waals surface area (Å²) in [6.45, 7) is 9.06. The minimum Gasteiger partial charge on any atom is -0.456 e. The average Bonchev–Trinajstić information content (AvgIpc) is 3.77. The number of allylic oxidation sites excluding steroid dienone is 1. The summed E-state index contributed by atoms with van der Waals surface area (Å²) in [5, 5.41) is 32.9. The Morgan fingerprint density at radius 1 is 1.02 bits per heavy atom. The molecule has 3 N–H and O–H groups in total. The summed E-state index contributed by atoms with van der Waals surface area (Å²) in [7, 11) is -4.58. The van der Waals surface area contributed by atoms with Gasteiger partial charge in [-0.3, -0.25) is 24.9 Å². The van der Waals surface area contributed by atoms with Gasteiger partial charge in [-0.2, -0.15) is 10.4 Å². The lowest BCUT2D eigenvalue weighted by Crippen LogP contribution is -2.47. The molecule has 0 radical (unpaired) electrons. The number of fused-ring (bicyclic) bond motifs is 1. The second kappa shape index (κ2) is 18.4. The smallest absolute Gasteiger partial charge is 0.293 e. The molecule has 1 saturated carbocycles. The van der Waals surface area contributed by atoms with Crippen LogP contribution in [0.4, 0.5) is 17.1 Å². The number of aromatic nitrogens is 2. The first kappa shape index (κ1) is 43.7. The highest BCUT2D eigenvalue weighted by Crippen LogP contribution is 2.44. The Morgan fingerprint density at radius 2 is 1.78 bits per heavy atom. The number of nitro benzene ring substituents is 1. The van der Waals surface area contributed by atoms with Gasteiger partial charge in [0.05, 0.1) is 38.6 Å². The van der Waals surface area contributed by atoms with Crippen molar-refractivity contribution < 1.29 is 22.9 Å². The monoisotopic (exact) mass is 890 g/mol. The number of H-pyrrole nitrogens is 1. The van der Waals surface area contributed by atoms with Gasteiger partial charge < -0.3 is 15.0 Å². The summed E-state index contributed by atoms with van der Waals surface area (Å²) in [5.41, 5.74) is 5.54. The predicted octanol–water partition coefficient (Wildman–Crippen LogP) is 9.56. The Kier molecular flexibility index (Phi) is 12.8. The lowest BCUT2D eigenvalue weighted by molar-refractivity contribution is -0.384. The number of nitriles is 1. The van der Waals surface area contributed by atoms with E-state index in [9.17, 15) is 28.6 Å². The molecule has 1 aromatic heterocycles. The standard InChI is InChI=1S/C47H51ClN8O6S/c1-47(2)19-18-34(39(26-47)33-10-12-35(48)13-11-33)30-54-20-22-55(23-21-54)36-14-16-38(45(24-36)62-44-5-3-4-41-40(44)29-51-52-41)46(57)53-63(60,61)37-15-17-42(43(25-37)56(58)59)50-28-32-8-6-31(27-49)7-9-32/h3-5,10-17,24-25,29,31-32,50H,6-9,18-23,26,28,30H2,1-2H3,(H,51,52)(H,53,57). The molecule has 328 valence electrons. The Hall–Kier alpha value is -5.95. The molecular formula is C47H51ClN8O6S. The lowest BCUT2D eigenvalue weighted by atomic mass is 9.72. The number of nitrogens with one attached hydrogen (secondary N) is 3. The highest BCUT2D eigenvalue weighted by Gasteiger charge is 2.31. The van der Waals surface area contributed by atoms with E-state index in [0.717, 1.165) is 100.0 Å². The molecule has 1 saturated heterocycles. The van der Waals surface area contributed by atoms with Gasteiger partial charge in [-0.05, 0) is 116 Å². The molecule has 5 aromatic rings. The van der Waals surface area contributed by atoms with Crippen molar-refractivity contribution in [3.05, 3.63) is 117 Å². The van der Waals surface area contributed by atoms with Crippen molar-refractivity contribution in [1.29, 1.82) is 5.26 Å². The van der Waals surface area contributed by atoms with Crippen LogP contribution in [-0.4, -0.2) is 73.6 Å². The zero-order valence-electron chi connectivity index (χ0n) is 35.4. The molecule has 16 heteroatoms. The van der Waals surface area contributed by atoms with Gasteiger partial charge in [0.2, 0.25) is 0 Å². The summed E-state index contributed by atoms with van der Waals surface area (Å²) < 4.78 is 36.0. The van der Waals surface area contributed by atoms with E-state index in [1.165, 1.54) is 28.8 Å². The number of sulfonamides is 1. The molecule has 1 amide bonds. The fourth-order valence-corrected chi connectivity index (χ4v) is 10.1. The van der Waals surface area contributed by atoms with Gasteiger partial charge in [-0.25, -0.2) is 13.1 Å². The summed E-state index contributed by atoms with van der Waals surface area (Å²) in [6, 6.07) is 24.5. The van der Waals surface area contributed by atoms with Crippen molar-refractivity contribution in [2.75, 3.05) is 49.5 Å². The third-order valence-electron chi connectivity index (χ3n) is 12.7. The van der Waals surface area contributed by atoms with E-state index in [0.29, 0.717) is 17.7 Å². The maximum absolute atomic E-state index is 14.0. The molecule has 1 aliphatic heterocycles. The Balaban J connectivity index is 0.999. The van der Waals surface area contributed by atoms with Crippen molar-refractivity contribution in [3.63, 3.8) is 0 Å². The van der Waals surface area contributed by atoms with Gasteiger partial charge >= 0.3 is 0 Å². The molecule has 0 bridgehead atoms. The first-order chi connectivity index (χ1) is 30.2. The second-order valence-electron chi connectivity index (χ2n) is 17.7. The Labute approximate surface area is 372 Å². The van der Waals surface area contributed by atoms with Gasteiger partial charge in [0, 0.05) is 68.0 Å². The normalized spacial score (nSPS) is 19.4. The molecule has 8 rings (SSSR count). The minimum absolute atomic E-state index is 0.0296. The number of nitro groups is 1. The van der Waals surface area contributed by atoms with Crippen molar-refractivity contribution in [3.8, 4) is 17.6 Å². The quantitative estimate of drug-likeness (QED) is 0.0755. The van der Waals surface area contributed by atoms with Crippen molar-refractivity contribution >= 4 is 61.1 Å². The molecule has 63 heavy (non-hydrogen) atoms. The maximum atomic E-state index is 14.0. The van der Waals surface area contributed by atoms with Crippen molar-refractivity contribution in [1.82, 2.24) is 19.8 Å². The number of piperazine rings is 1. The van der Waals surface area contributed by atoms with E-state index in [2.05, 4.69) is 62.1 Å². The number of nitrogens with zero attached hydrogens (tertiary/aromatic N) is 5. The lowest BCUT2D eigenvalue weighted by Gasteiger charge is -2.39. The first-order valence-electron chi connectivity index (χ1n) is 21.4. The summed E-state index contributed by atoms with van der Waals surface area (Å²) >= 11 is 6.24. The van der Waals surface area contributed by atoms with Crippen LogP contribution in [0.1, 0.15) is 74.7 Å². The number of hydrogen-bond acceptors (Lipinski definition) is 11. The van der Waals surface area contributed by atoms with Crippen LogP contribution in [0, 0.1) is 38.7 Å². The molecule has 2 heterocycles. The van der Waals surface area contributed by atoms with Crippen LogP contribution >= 0.6 is 11.6 Å². The second-order valence-corrected chi connectivity index (χ2v) is 19.8. The molecule has 14 nitrogen and oxygen atoms in total. The number of ether oxygens (including phenoxy) is 1. The van der Waals surface area contributed by atoms with Gasteiger partial charge in [0.15, 0.2) is 0 Å². The van der Waals surface area contributed by atoms with E-state index in [1.54, 1.807) is 36.5 Å². The fraction of sp³-hybridized carbons (Fsp3) is 0.383. The van der Waals surface area contributed by atoms with Crippen LogP contribution in [0.25, 0.3) is 16.5 Å². The maximum Gasteiger partial charge on any atom is 0.293 e. The average molecular weight is 891 g/mol. The topological polar surface area (TPSA) is 187 Å². The number of anilines is 2. The number of halogens is 1. The van der Waals surface area contributed by atoms with Gasteiger partial charge in [-0.15, -0.1) is 0 Å². The summed E-state index contributed by atoms with van der Waals surface area (Å²) in [5.74, 6) is -0.150. The number of carbonyl (C=O) groups is 1. The third kappa shape index (κ3) is 10.1. The van der Waals surface area contributed by atoms with Gasteiger partial charge in [0.1, 0.15) is 17.2 Å². The van der Waals surface area contributed by atoms with Gasteiger partial charge in [0.25, 0.3) is 21.6 Å². The SMILES string of the molecule is CC1(C)CCC(CN2CCN(c3ccc(C(=O)NS(=O)(=O)c4ccc(NCC5CCC(C#N)CC5)c([N+](=O)[O-])c4)c(Oc4cccc5[nH]ncc45)c3)CC2)=C(c2ccc(Cl)cc2)C1. The number of rotatable bonds is 13. The van der Waals surface area contributed by atoms with Crippen LogP contribution < -0.4 is 19.7 Å². The third-order valence-corrected chi connectivity index (χ3v) is 14.3. The van der Waals surface area contributed by atoms with E-state index in [1.807, 2.05) is 18.2 Å². The number of benzene rings is 4. The number of amides is 1. The van der Waals surface area contributed by atoms with Crippen molar-refractivity contribution in [2.24, 2.45) is 17.3 Å². The Morgan fingerprint density at radius 3 is 2.51 bits per heavy atom. The van der Waals surface area contributed by atoms with Crippen molar-refractivity contribution in [2.45, 2.75) is 63.7 Å². The van der Waals surface area contributed by atoms with Crippen LogP contribution in [0.15, 0.2) is 95.5 Å². The molecule has 2 fully saturated rings. The Bertz CT molecular complexity index is 2700. The molecule has 0 spiro atoms. The van der Waals surface area contributed by atoms with E-state index in [-0.39, 0.29) is 34.3 Å². The highest BCUT2D eigenvalue weighted by atomic mass is 35.5. The number of hydrogen-bond donors (Lipinski definition) is 3. The van der Waals surface area contributed by atoms with Crippen LogP contribution in [0.2, 0.25) is 5.02 Å². The summed E-state index contributed by atoms with van der Waals surface area (Å²) in [6.07, 6.45) is 8.00. The van der Waals surface area contributed by atoms with Crippen LogP contribution in [-0.2, 0) is 10.0 Å². The minimum atomic E-state index is -4.58. The largest absolute Gasteiger partial charge is 0.456 e. The van der Waals surface area contributed by atoms with E-state index < -0.39 is 31.4 Å². The fourth-order valence-electron chi connectivity index (χ4n) is 8.99. The molecule has 2 aliphatic carbocycles. The molecular weight excluding hydrogens is 840 g/mol. The van der Waals surface area contributed by atoms with Crippen LogP contribution in [0.5, 0.6) is 11.5 Å². The zero-order valence-corrected chi connectivity index (χ0v) is 37.0. The summed E-state index contributed by atoms with van der Waals surface area (Å²) in [4.78, 5) is 29.8. The molecule has 4 aromatic carbocycles. The number of aromatic amines is 1. The van der Waals surface area contributed by atoms with E-state index in [4.69, 9.17) is 16.3 Å². The van der Waals surface area contributed by atoms with Crippen LogP contribution in [0.3, 0.4) is 0 Å².